The Morgan fingerprint density at radius 1 is 1.24 bits per heavy atom. The van der Waals surface area contributed by atoms with Gasteiger partial charge in [-0.15, -0.1) is 11.3 Å². The lowest BCUT2D eigenvalue weighted by molar-refractivity contribution is 0.0607. The molecule has 110 valence electrons. The number of carbonyl (C=O) groups is 2. The molecule has 1 amide bonds. The molecule has 0 fully saturated rings. The molecular formula is C15H15NO4S. The molecular weight excluding hydrogens is 290 g/mol. The van der Waals surface area contributed by atoms with Gasteiger partial charge in [0, 0.05) is 0 Å². The Kier molecular flexibility index (Phi) is 4.28. The molecule has 0 atom stereocenters. The summed E-state index contributed by atoms with van der Waals surface area (Å²) in [5, 5.41) is 14.4. The lowest BCUT2D eigenvalue weighted by Gasteiger charge is -2.09. The fourth-order valence-electron chi connectivity index (χ4n) is 1.87. The van der Waals surface area contributed by atoms with Gasteiger partial charge in [-0.2, -0.15) is 0 Å². The van der Waals surface area contributed by atoms with Gasteiger partial charge in [0.25, 0.3) is 5.91 Å². The van der Waals surface area contributed by atoms with Gasteiger partial charge in [-0.1, -0.05) is 12.1 Å². The van der Waals surface area contributed by atoms with Crippen LogP contribution in [0.25, 0.3) is 0 Å². The van der Waals surface area contributed by atoms with Crippen LogP contribution in [0.15, 0.2) is 23.6 Å². The molecule has 0 bridgehead atoms. The fourth-order valence-corrected chi connectivity index (χ4v) is 2.79. The Morgan fingerprint density at radius 2 is 1.95 bits per heavy atom. The standard InChI is InChI=1S/C15H15NO4S/c1-8-5-4-6-10(12(8)17)14(18)16-11-9(2)7-21-13(11)15(19)20-3/h4-7,17H,1-3H3,(H,16,18). The minimum absolute atomic E-state index is 0.0671. The number of hydrogen-bond donors (Lipinski definition) is 2. The molecule has 21 heavy (non-hydrogen) atoms. The van der Waals surface area contributed by atoms with Crippen LogP contribution in [-0.2, 0) is 4.74 Å². The molecule has 2 aromatic rings. The number of thiophene rings is 1. The van der Waals surface area contributed by atoms with E-state index in [0.717, 1.165) is 5.56 Å². The molecule has 0 radical (unpaired) electrons. The largest absolute Gasteiger partial charge is 0.507 e. The molecule has 0 spiro atoms. The average molecular weight is 305 g/mol. The summed E-state index contributed by atoms with van der Waals surface area (Å²) >= 11 is 1.20. The van der Waals surface area contributed by atoms with Crippen molar-refractivity contribution in [3.8, 4) is 5.75 Å². The molecule has 2 N–H and O–H groups in total. The number of aromatic hydroxyl groups is 1. The Hall–Kier alpha value is -2.34. The van der Waals surface area contributed by atoms with Gasteiger partial charge in [0.1, 0.15) is 10.6 Å². The van der Waals surface area contributed by atoms with Gasteiger partial charge >= 0.3 is 5.97 Å². The number of esters is 1. The van der Waals surface area contributed by atoms with Gasteiger partial charge in [0.05, 0.1) is 18.4 Å². The van der Waals surface area contributed by atoms with Gasteiger partial charge < -0.3 is 15.2 Å². The van der Waals surface area contributed by atoms with Crippen molar-refractivity contribution in [2.24, 2.45) is 0 Å². The van der Waals surface area contributed by atoms with Crippen LogP contribution in [0.1, 0.15) is 31.2 Å². The van der Waals surface area contributed by atoms with Crippen LogP contribution in [0.4, 0.5) is 5.69 Å². The molecule has 1 heterocycles. The highest BCUT2D eigenvalue weighted by Gasteiger charge is 2.20. The van der Waals surface area contributed by atoms with Gasteiger partial charge in [-0.3, -0.25) is 4.79 Å². The zero-order valence-corrected chi connectivity index (χ0v) is 12.7. The molecule has 0 saturated carbocycles. The smallest absolute Gasteiger partial charge is 0.350 e. The predicted octanol–water partition coefficient (Wildman–Crippen LogP) is 3.11. The summed E-state index contributed by atoms with van der Waals surface area (Å²) in [5.74, 6) is -1.04. The minimum Gasteiger partial charge on any atom is -0.507 e. The van der Waals surface area contributed by atoms with Crippen LogP contribution >= 0.6 is 11.3 Å². The molecule has 0 aliphatic heterocycles. The highest BCUT2D eigenvalue weighted by Crippen LogP contribution is 2.30. The molecule has 5 nitrogen and oxygen atoms in total. The van der Waals surface area contributed by atoms with Crippen molar-refractivity contribution in [1.82, 2.24) is 0 Å². The van der Waals surface area contributed by atoms with Crippen molar-refractivity contribution in [3.63, 3.8) is 0 Å². The second kappa shape index (κ2) is 5.97. The van der Waals surface area contributed by atoms with Crippen molar-refractivity contribution in [2.75, 3.05) is 12.4 Å². The third-order valence-electron chi connectivity index (χ3n) is 3.07. The van der Waals surface area contributed by atoms with Crippen molar-refractivity contribution in [3.05, 3.63) is 45.1 Å². The number of nitrogens with one attached hydrogen (secondary N) is 1. The number of para-hydroxylation sites is 1. The summed E-state index contributed by atoms with van der Waals surface area (Å²) in [6.45, 7) is 3.50. The van der Waals surface area contributed by atoms with E-state index in [-0.39, 0.29) is 11.3 Å². The number of amides is 1. The maximum atomic E-state index is 12.3. The summed E-state index contributed by atoms with van der Waals surface area (Å²) in [7, 11) is 1.29. The monoisotopic (exact) mass is 305 g/mol. The Balaban J connectivity index is 2.34. The number of phenolic OH excluding ortho intramolecular Hbond substituents is 1. The molecule has 1 aromatic carbocycles. The van der Waals surface area contributed by atoms with E-state index in [1.54, 1.807) is 31.4 Å². The predicted molar refractivity (Wildman–Crippen MR) is 81.2 cm³/mol. The number of ether oxygens (including phenoxy) is 1. The van der Waals surface area contributed by atoms with Gasteiger partial charge in [-0.05, 0) is 36.4 Å². The molecule has 2 rings (SSSR count). The van der Waals surface area contributed by atoms with E-state index >= 15 is 0 Å². The number of aryl methyl sites for hydroxylation is 2. The van der Waals surface area contributed by atoms with Crippen molar-refractivity contribution in [2.45, 2.75) is 13.8 Å². The summed E-state index contributed by atoms with van der Waals surface area (Å²) in [4.78, 5) is 24.3. The first-order valence-corrected chi connectivity index (χ1v) is 7.10. The summed E-state index contributed by atoms with van der Waals surface area (Å²) in [6, 6.07) is 4.92. The number of phenols is 1. The highest BCUT2D eigenvalue weighted by atomic mass is 32.1. The van der Waals surface area contributed by atoms with Gasteiger partial charge in [-0.25, -0.2) is 4.79 Å². The molecule has 1 aromatic heterocycles. The van der Waals surface area contributed by atoms with E-state index < -0.39 is 11.9 Å². The molecule has 0 saturated heterocycles. The molecule has 6 heteroatoms. The number of methoxy groups -OCH3 is 1. The maximum Gasteiger partial charge on any atom is 0.350 e. The summed E-state index contributed by atoms with van der Waals surface area (Å²) in [5.41, 5.74) is 1.95. The van der Waals surface area contributed by atoms with Crippen LogP contribution in [0.2, 0.25) is 0 Å². The zero-order valence-electron chi connectivity index (χ0n) is 11.9. The van der Waals surface area contributed by atoms with Crippen LogP contribution in [0.5, 0.6) is 5.75 Å². The van der Waals surface area contributed by atoms with Gasteiger partial charge in [0.15, 0.2) is 0 Å². The summed E-state index contributed by atoms with van der Waals surface area (Å²) in [6.07, 6.45) is 0. The first-order chi connectivity index (χ1) is 9.95. The van der Waals surface area contributed by atoms with E-state index in [1.807, 2.05) is 0 Å². The number of benzene rings is 1. The maximum absolute atomic E-state index is 12.3. The van der Waals surface area contributed by atoms with E-state index in [1.165, 1.54) is 24.5 Å². The average Bonchev–Trinajstić information content (AvgIpc) is 2.82. The quantitative estimate of drug-likeness (QED) is 0.854. The van der Waals surface area contributed by atoms with Crippen LogP contribution < -0.4 is 5.32 Å². The Labute approximate surface area is 126 Å². The zero-order chi connectivity index (χ0) is 15.6. The van der Waals surface area contributed by atoms with Crippen molar-refractivity contribution < 1.29 is 19.4 Å². The van der Waals surface area contributed by atoms with E-state index in [4.69, 9.17) is 4.74 Å². The lowest BCUT2D eigenvalue weighted by Crippen LogP contribution is -2.15. The van der Waals surface area contributed by atoms with Crippen LogP contribution in [0.3, 0.4) is 0 Å². The number of hydrogen-bond acceptors (Lipinski definition) is 5. The van der Waals surface area contributed by atoms with E-state index in [2.05, 4.69) is 5.32 Å². The van der Waals surface area contributed by atoms with Gasteiger partial charge in [0.2, 0.25) is 0 Å². The number of anilines is 1. The fraction of sp³-hybridized carbons (Fsp3) is 0.200. The van der Waals surface area contributed by atoms with E-state index in [0.29, 0.717) is 16.1 Å². The highest BCUT2D eigenvalue weighted by molar-refractivity contribution is 7.12. The topological polar surface area (TPSA) is 75.6 Å². The summed E-state index contributed by atoms with van der Waals surface area (Å²) < 4.78 is 4.69. The Morgan fingerprint density at radius 3 is 2.62 bits per heavy atom. The first-order valence-electron chi connectivity index (χ1n) is 6.22. The normalized spacial score (nSPS) is 10.2. The second-order valence-electron chi connectivity index (χ2n) is 4.54. The van der Waals surface area contributed by atoms with E-state index in [9.17, 15) is 14.7 Å². The van der Waals surface area contributed by atoms with Crippen LogP contribution in [-0.4, -0.2) is 24.1 Å². The first kappa shape index (κ1) is 15.1. The van der Waals surface area contributed by atoms with Crippen molar-refractivity contribution in [1.29, 1.82) is 0 Å². The second-order valence-corrected chi connectivity index (χ2v) is 5.42. The third-order valence-corrected chi connectivity index (χ3v) is 4.14. The molecule has 0 unspecified atom stereocenters. The third kappa shape index (κ3) is 2.90. The molecule has 0 aliphatic rings. The van der Waals surface area contributed by atoms with Crippen molar-refractivity contribution >= 4 is 28.9 Å². The number of rotatable bonds is 3. The SMILES string of the molecule is COC(=O)c1scc(C)c1NC(=O)c1cccc(C)c1O. The Bertz CT molecular complexity index is 706. The van der Waals surface area contributed by atoms with Crippen LogP contribution in [0, 0.1) is 13.8 Å². The lowest BCUT2D eigenvalue weighted by atomic mass is 10.1. The minimum atomic E-state index is -0.503. The number of carbonyl (C=O) groups excluding carboxylic acids is 2. The molecule has 0 aliphatic carbocycles.